The number of nitrogens with one attached hydrogen (secondary N) is 1. The maximum absolute atomic E-state index is 5.48. The zero-order valence-corrected chi connectivity index (χ0v) is 12.4. The van der Waals surface area contributed by atoms with E-state index in [1.807, 2.05) is 7.11 Å². The topological polar surface area (TPSA) is 24.5 Å². The number of hydrogen-bond donors (Lipinski definition) is 1. The SMILES string of the molecule is COC1CCCC(Nc2ccc(CN(C)C)cc2)C1. The molecule has 0 bridgehead atoms. The summed E-state index contributed by atoms with van der Waals surface area (Å²) < 4.78 is 5.48. The average Bonchev–Trinajstić information content (AvgIpc) is 2.41. The molecule has 0 saturated heterocycles. The van der Waals surface area contributed by atoms with E-state index in [2.05, 4.69) is 48.6 Å². The van der Waals surface area contributed by atoms with Gasteiger partial charge < -0.3 is 15.0 Å². The molecule has 3 heteroatoms. The van der Waals surface area contributed by atoms with Crippen LogP contribution in [0, 0.1) is 0 Å². The van der Waals surface area contributed by atoms with Gasteiger partial charge in [0.2, 0.25) is 0 Å². The standard InChI is InChI=1S/C16H26N2O/c1-18(2)12-13-7-9-14(10-8-13)17-15-5-4-6-16(11-15)19-3/h7-10,15-17H,4-6,11-12H2,1-3H3. The molecule has 3 nitrogen and oxygen atoms in total. The van der Waals surface area contributed by atoms with Crippen LogP contribution in [-0.2, 0) is 11.3 Å². The van der Waals surface area contributed by atoms with Crippen LogP contribution in [0.5, 0.6) is 0 Å². The molecule has 0 aliphatic heterocycles. The van der Waals surface area contributed by atoms with Crippen LogP contribution in [0.25, 0.3) is 0 Å². The summed E-state index contributed by atoms with van der Waals surface area (Å²) in [4.78, 5) is 2.19. The van der Waals surface area contributed by atoms with Gasteiger partial charge in [0.05, 0.1) is 6.10 Å². The number of benzene rings is 1. The first-order chi connectivity index (χ1) is 9.17. The highest BCUT2D eigenvalue weighted by Gasteiger charge is 2.21. The van der Waals surface area contributed by atoms with Gasteiger partial charge in [0.1, 0.15) is 0 Å². The molecule has 106 valence electrons. The monoisotopic (exact) mass is 262 g/mol. The minimum absolute atomic E-state index is 0.430. The molecule has 0 heterocycles. The summed E-state index contributed by atoms with van der Waals surface area (Å²) >= 11 is 0. The van der Waals surface area contributed by atoms with Crippen LogP contribution >= 0.6 is 0 Å². The van der Waals surface area contributed by atoms with Crippen LogP contribution in [-0.4, -0.2) is 38.3 Å². The van der Waals surface area contributed by atoms with Crippen molar-refractivity contribution in [3.63, 3.8) is 0 Å². The van der Waals surface area contributed by atoms with Gasteiger partial charge >= 0.3 is 0 Å². The Balaban J connectivity index is 1.88. The predicted octanol–water partition coefficient (Wildman–Crippen LogP) is 3.12. The van der Waals surface area contributed by atoms with E-state index in [0.29, 0.717) is 12.1 Å². The Bertz CT molecular complexity index is 375. The maximum Gasteiger partial charge on any atom is 0.0590 e. The molecule has 1 aliphatic carbocycles. The lowest BCUT2D eigenvalue weighted by atomic mass is 9.92. The third-order valence-corrected chi connectivity index (χ3v) is 3.78. The van der Waals surface area contributed by atoms with E-state index in [1.54, 1.807) is 0 Å². The molecule has 2 unspecified atom stereocenters. The van der Waals surface area contributed by atoms with Gasteiger partial charge in [-0.2, -0.15) is 0 Å². The molecule has 0 spiro atoms. The van der Waals surface area contributed by atoms with Crippen molar-refractivity contribution in [3.8, 4) is 0 Å². The number of ether oxygens (including phenoxy) is 1. The van der Waals surface area contributed by atoms with Crippen molar-refractivity contribution in [1.82, 2.24) is 4.90 Å². The van der Waals surface area contributed by atoms with Gasteiger partial charge in [-0.05, 0) is 57.5 Å². The summed E-state index contributed by atoms with van der Waals surface area (Å²) in [5, 5.41) is 3.63. The Morgan fingerprint density at radius 3 is 2.58 bits per heavy atom. The maximum atomic E-state index is 5.48. The smallest absolute Gasteiger partial charge is 0.0590 e. The van der Waals surface area contributed by atoms with Crippen LogP contribution in [0.15, 0.2) is 24.3 Å². The summed E-state index contributed by atoms with van der Waals surface area (Å²) in [5.74, 6) is 0. The van der Waals surface area contributed by atoms with Crippen molar-refractivity contribution in [3.05, 3.63) is 29.8 Å². The molecule has 1 aliphatic rings. The summed E-state index contributed by atoms with van der Waals surface area (Å²) in [6.07, 6.45) is 5.26. The predicted molar refractivity (Wildman–Crippen MR) is 80.5 cm³/mol. The van der Waals surface area contributed by atoms with Crippen molar-refractivity contribution in [2.24, 2.45) is 0 Å². The molecule has 0 radical (unpaired) electrons. The van der Waals surface area contributed by atoms with Crippen LogP contribution in [0.3, 0.4) is 0 Å². The van der Waals surface area contributed by atoms with E-state index in [-0.39, 0.29) is 0 Å². The second-order valence-electron chi connectivity index (χ2n) is 5.80. The lowest BCUT2D eigenvalue weighted by molar-refractivity contribution is 0.0669. The van der Waals surface area contributed by atoms with E-state index < -0.39 is 0 Å². The van der Waals surface area contributed by atoms with Crippen LogP contribution < -0.4 is 5.32 Å². The highest BCUT2D eigenvalue weighted by atomic mass is 16.5. The van der Waals surface area contributed by atoms with Gasteiger partial charge in [0.15, 0.2) is 0 Å². The number of nitrogens with zero attached hydrogens (tertiary/aromatic N) is 1. The Morgan fingerprint density at radius 1 is 1.21 bits per heavy atom. The molecule has 1 aromatic carbocycles. The summed E-state index contributed by atoms with van der Waals surface area (Å²) in [7, 11) is 6.02. The second-order valence-corrected chi connectivity index (χ2v) is 5.80. The van der Waals surface area contributed by atoms with Gasteiger partial charge in [0.25, 0.3) is 0 Å². The lowest BCUT2D eigenvalue weighted by Gasteiger charge is -2.29. The second kappa shape index (κ2) is 6.92. The van der Waals surface area contributed by atoms with Crippen LogP contribution in [0.2, 0.25) is 0 Å². The number of anilines is 1. The molecular weight excluding hydrogens is 236 g/mol. The molecule has 2 atom stereocenters. The fraction of sp³-hybridized carbons (Fsp3) is 0.625. The molecule has 1 fully saturated rings. The highest BCUT2D eigenvalue weighted by Crippen LogP contribution is 2.24. The van der Waals surface area contributed by atoms with Crippen molar-refractivity contribution in [2.75, 3.05) is 26.5 Å². The van der Waals surface area contributed by atoms with Gasteiger partial charge in [-0.1, -0.05) is 12.1 Å². The van der Waals surface area contributed by atoms with Crippen LogP contribution in [0.1, 0.15) is 31.2 Å². The molecule has 2 rings (SSSR count). The van der Waals surface area contributed by atoms with Gasteiger partial charge in [-0.25, -0.2) is 0 Å². The third kappa shape index (κ3) is 4.51. The highest BCUT2D eigenvalue weighted by molar-refractivity contribution is 5.45. The molecular formula is C16H26N2O. The van der Waals surface area contributed by atoms with Crippen molar-refractivity contribution < 1.29 is 4.74 Å². The summed E-state index contributed by atoms with van der Waals surface area (Å²) in [6, 6.07) is 9.35. The molecule has 1 N–H and O–H groups in total. The number of hydrogen-bond acceptors (Lipinski definition) is 3. The molecule has 0 aromatic heterocycles. The van der Waals surface area contributed by atoms with E-state index in [0.717, 1.165) is 13.0 Å². The fourth-order valence-electron chi connectivity index (χ4n) is 2.80. The normalized spacial score (nSPS) is 23.6. The minimum Gasteiger partial charge on any atom is -0.382 e. The van der Waals surface area contributed by atoms with E-state index in [4.69, 9.17) is 4.74 Å². The average molecular weight is 262 g/mol. The van der Waals surface area contributed by atoms with E-state index in [9.17, 15) is 0 Å². The Labute approximate surface area is 116 Å². The van der Waals surface area contributed by atoms with E-state index in [1.165, 1.54) is 30.5 Å². The Morgan fingerprint density at radius 2 is 1.95 bits per heavy atom. The largest absolute Gasteiger partial charge is 0.382 e. The van der Waals surface area contributed by atoms with Gasteiger partial charge in [-0.3, -0.25) is 0 Å². The zero-order chi connectivity index (χ0) is 13.7. The van der Waals surface area contributed by atoms with Crippen molar-refractivity contribution >= 4 is 5.69 Å². The quantitative estimate of drug-likeness (QED) is 0.882. The molecule has 19 heavy (non-hydrogen) atoms. The first kappa shape index (κ1) is 14.4. The first-order valence-corrected chi connectivity index (χ1v) is 7.20. The number of methoxy groups -OCH3 is 1. The Hall–Kier alpha value is -1.06. The van der Waals surface area contributed by atoms with Crippen molar-refractivity contribution in [2.45, 2.75) is 44.4 Å². The number of rotatable bonds is 5. The molecule has 0 amide bonds. The minimum atomic E-state index is 0.430. The zero-order valence-electron chi connectivity index (χ0n) is 12.4. The fourth-order valence-corrected chi connectivity index (χ4v) is 2.80. The van der Waals surface area contributed by atoms with Crippen molar-refractivity contribution in [1.29, 1.82) is 0 Å². The molecule has 1 aromatic rings. The van der Waals surface area contributed by atoms with Gasteiger partial charge in [-0.15, -0.1) is 0 Å². The Kier molecular flexibility index (Phi) is 5.23. The molecule has 1 saturated carbocycles. The summed E-state index contributed by atoms with van der Waals surface area (Å²) in [6.45, 7) is 0.995. The van der Waals surface area contributed by atoms with E-state index >= 15 is 0 Å². The third-order valence-electron chi connectivity index (χ3n) is 3.78. The van der Waals surface area contributed by atoms with Gasteiger partial charge in [0, 0.05) is 25.4 Å². The first-order valence-electron chi connectivity index (χ1n) is 7.20. The summed E-state index contributed by atoms with van der Waals surface area (Å²) in [5.41, 5.74) is 2.58. The lowest BCUT2D eigenvalue weighted by Crippen LogP contribution is -2.30. The van der Waals surface area contributed by atoms with Crippen LogP contribution in [0.4, 0.5) is 5.69 Å².